The zero-order valence-electron chi connectivity index (χ0n) is 7.66. The quantitative estimate of drug-likeness (QED) is 0.528. The molecule has 2 aromatic heterocycles. The van der Waals surface area contributed by atoms with Crippen LogP contribution >= 0.6 is 0 Å². The number of imidazole rings is 1. The lowest BCUT2D eigenvalue weighted by Crippen LogP contribution is -2.16. The van der Waals surface area contributed by atoms with Crippen molar-refractivity contribution in [1.82, 2.24) is 19.9 Å². The SMILES string of the molecule is Cc1nc2nc(NC(=O)O)[nH]c(=O)c2[nH]1. The molecule has 2 aromatic rings. The normalized spacial score (nSPS) is 10.5. The summed E-state index contributed by atoms with van der Waals surface area (Å²) >= 11 is 0. The number of nitrogens with one attached hydrogen (secondary N) is 3. The van der Waals surface area contributed by atoms with E-state index in [2.05, 4.69) is 19.9 Å². The van der Waals surface area contributed by atoms with Gasteiger partial charge in [0.05, 0.1) is 0 Å². The molecule has 0 bridgehead atoms. The molecule has 0 unspecified atom stereocenters. The van der Waals surface area contributed by atoms with Crippen LogP contribution in [0.2, 0.25) is 0 Å². The second-order valence-corrected chi connectivity index (χ2v) is 2.87. The van der Waals surface area contributed by atoms with E-state index < -0.39 is 11.7 Å². The second-order valence-electron chi connectivity index (χ2n) is 2.87. The fraction of sp³-hybridized carbons (Fsp3) is 0.143. The third kappa shape index (κ3) is 1.64. The molecule has 15 heavy (non-hydrogen) atoms. The Morgan fingerprint density at radius 2 is 2.13 bits per heavy atom. The zero-order valence-corrected chi connectivity index (χ0v) is 7.66. The topological polar surface area (TPSA) is 124 Å². The maximum atomic E-state index is 11.4. The minimum Gasteiger partial charge on any atom is -0.465 e. The van der Waals surface area contributed by atoms with Crippen LogP contribution in [0.1, 0.15) is 5.82 Å². The fourth-order valence-corrected chi connectivity index (χ4v) is 1.18. The molecule has 2 rings (SSSR count). The summed E-state index contributed by atoms with van der Waals surface area (Å²) in [5.74, 6) is 0.391. The van der Waals surface area contributed by atoms with E-state index in [1.54, 1.807) is 6.92 Å². The molecule has 8 nitrogen and oxygen atoms in total. The van der Waals surface area contributed by atoms with Crippen molar-refractivity contribution < 1.29 is 9.90 Å². The van der Waals surface area contributed by atoms with E-state index in [4.69, 9.17) is 5.11 Å². The summed E-state index contributed by atoms with van der Waals surface area (Å²) in [4.78, 5) is 34.4. The van der Waals surface area contributed by atoms with Crippen molar-refractivity contribution >= 4 is 23.2 Å². The van der Waals surface area contributed by atoms with Gasteiger partial charge in [0.25, 0.3) is 5.56 Å². The van der Waals surface area contributed by atoms with Crippen molar-refractivity contribution in [1.29, 1.82) is 0 Å². The van der Waals surface area contributed by atoms with Gasteiger partial charge in [0.2, 0.25) is 5.95 Å². The first-order chi connectivity index (χ1) is 7.06. The third-order valence-electron chi connectivity index (χ3n) is 1.71. The lowest BCUT2D eigenvalue weighted by Gasteiger charge is -1.97. The van der Waals surface area contributed by atoms with Crippen molar-refractivity contribution in [3.05, 3.63) is 16.2 Å². The minimum absolute atomic E-state index is 0.147. The second kappa shape index (κ2) is 3.08. The van der Waals surface area contributed by atoms with Gasteiger partial charge in [0.1, 0.15) is 5.82 Å². The summed E-state index contributed by atoms with van der Waals surface area (Å²) in [5, 5.41) is 10.4. The number of anilines is 1. The van der Waals surface area contributed by atoms with Crippen molar-refractivity contribution in [2.75, 3.05) is 5.32 Å². The Bertz CT molecular complexity index is 584. The van der Waals surface area contributed by atoms with Gasteiger partial charge >= 0.3 is 6.09 Å². The molecule has 0 aromatic carbocycles. The van der Waals surface area contributed by atoms with Crippen LogP contribution in [0.25, 0.3) is 11.2 Å². The van der Waals surface area contributed by atoms with Crippen LogP contribution < -0.4 is 10.9 Å². The number of aryl methyl sites for hydroxylation is 1. The van der Waals surface area contributed by atoms with E-state index in [9.17, 15) is 9.59 Å². The van der Waals surface area contributed by atoms with Crippen molar-refractivity contribution in [3.8, 4) is 0 Å². The number of amides is 1. The Labute approximate surface area is 82.4 Å². The number of hydrogen-bond donors (Lipinski definition) is 4. The van der Waals surface area contributed by atoms with Crippen LogP contribution in [-0.2, 0) is 0 Å². The van der Waals surface area contributed by atoms with Gasteiger partial charge in [0, 0.05) is 0 Å². The Morgan fingerprint density at radius 1 is 1.40 bits per heavy atom. The molecule has 0 saturated carbocycles. The molecule has 0 spiro atoms. The smallest absolute Gasteiger partial charge is 0.411 e. The summed E-state index contributed by atoms with van der Waals surface area (Å²) in [6.45, 7) is 1.67. The molecular weight excluding hydrogens is 202 g/mol. The largest absolute Gasteiger partial charge is 0.465 e. The summed E-state index contributed by atoms with van der Waals surface area (Å²) in [5.41, 5.74) is -0.0622. The van der Waals surface area contributed by atoms with E-state index in [1.165, 1.54) is 0 Å². The summed E-state index contributed by atoms with van der Waals surface area (Å²) in [6.07, 6.45) is -1.30. The molecule has 0 saturated heterocycles. The van der Waals surface area contributed by atoms with Crippen LogP contribution in [0.3, 0.4) is 0 Å². The highest BCUT2D eigenvalue weighted by Gasteiger charge is 2.08. The Balaban J connectivity index is 2.61. The highest BCUT2D eigenvalue weighted by Crippen LogP contribution is 2.05. The van der Waals surface area contributed by atoms with Gasteiger partial charge in [-0.2, -0.15) is 4.98 Å². The number of rotatable bonds is 1. The average molecular weight is 209 g/mol. The number of nitrogens with zero attached hydrogens (tertiary/aromatic N) is 2. The summed E-state index contributed by atoms with van der Waals surface area (Å²) < 4.78 is 0. The Morgan fingerprint density at radius 3 is 2.80 bits per heavy atom. The third-order valence-corrected chi connectivity index (χ3v) is 1.71. The fourth-order valence-electron chi connectivity index (χ4n) is 1.18. The first-order valence-electron chi connectivity index (χ1n) is 4.03. The van der Waals surface area contributed by atoms with Gasteiger partial charge in [-0.15, -0.1) is 0 Å². The van der Waals surface area contributed by atoms with Gasteiger partial charge < -0.3 is 10.1 Å². The van der Waals surface area contributed by atoms with Crippen LogP contribution in [0.5, 0.6) is 0 Å². The number of H-pyrrole nitrogens is 2. The molecule has 2 heterocycles. The van der Waals surface area contributed by atoms with Crippen molar-refractivity contribution in [2.24, 2.45) is 0 Å². The molecule has 78 valence electrons. The van der Waals surface area contributed by atoms with Gasteiger partial charge in [0.15, 0.2) is 11.2 Å². The predicted octanol–water partition coefficient (Wildman–Crippen LogP) is 0.0445. The van der Waals surface area contributed by atoms with Crippen molar-refractivity contribution in [3.63, 3.8) is 0 Å². The highest BCUT2D eigenvalue weighted by molar-refractivity contribution is 5.81. The number of aromatic nitrogens is 4. The van der Waals surface area contributed by atoms with Gasteiger partial charge in [-0.3, -0.25) is 15.1 Å². The van der Waals surface area contributed by atoms with Gasteiger partial charge in [-0.05, 0) is 6.92 Å². The Kier molecular flexibility index (Phi) is 1.89. The standard InChI is InChI=1S/C7H7N5O3/c1-2-8-3-4(9-2)10-6(11-5(3)13)12-7(14)15/h1H3,(H,14,15)(H3,8,9,10,11,12,13). The van der Waals surface area contributed by atoms with E-state index in [1.807, 2.05) is 5.32 Å². The van der Waals surface area contributed by atoms with Crippen molar-refractivity contribution in [2.45, 2.75) is 6.92 Å². The van der Waals surface area contributed by atoms with Gasteiger partial charge in [-0.25, -0.2) is 9.78 Å². The summed E-state index contributed by atoms with van der Waals surface area (Å²) in [7, 11) is 0. The first kappa shape index (κ1) is 9.19. The van der Waals surface area contributed by atoms with E-state index in [0.29, 0.717) is 5.82 Å². The van der Waals surface area contributed by atoms with E-state index in [0.717, 1.165) is 0 Å². The monoisotopic (exact) mass is 209 g/mol. The number of carboxylic acid groups (broad SMARTS) is 1. The molecule has 0 radical (unpaired) electrons. The molecule has 0 aliphatic carbocycles. The lowest BCUT2D eigenvalue weighted by molar-refractivity contribution is 0.209. The molecule has 0 atom stereocenters. The predicted molar refractivity (Wildman–Crippen MR) is 50.9 cm³/mol. The summed E-state index contributed by atoms with van der Waals surface area (Å²) in [6, 6.07) is 0. The van der Waals surface area contributed by atoms with E-state index >= 15 is 0 Å². The molecule has 0 aliphatic rings. The maximum Gasteiger partial charge on any atom is 0.411 e. The maximum absolute atomic E-state index is 11.4. The molecule has 4 N–H and O–H groups in total. The molecule has 0 fully saturated rings. The highest BCUT2D eigenvalue weighted by atomic mass is 16.4. The lowest BCUT2D eigenvalue weighted by atomic mass is 10.5. The minimum atomic E-state index is -1.30. The molecule has 8 heteroatoms. The van der Waals surface area contributed by atoms with E-state index in [-0.39, 0.29) is 17.1 Å². The first-order valence-corrected chi connectivity index (χ1v) is 4.03. The number of carbonyl (C=O) groups is 1. The number of hydrogen-bond acceptors (Lipinski definition) is 4. The number of aromatic amines is 2. The Hall–Kier alpha value is -2.38. The van der Waals surface area contributed by atoms with Crippen LogP contribution in [0.4, 0.5) is 10.7 Å². The van der Waals surface area contributed by atoms with Gasteiger partial charge in [-0.1, -0.05) is 0 Å². The molecule has 0 aliphatic heterocycles. The van der Waals surface area contributed by atoms with Crippen LogP contribution in [0, 0.1) is 6.92 Å². The molecular formula is C7H7N5O3. The number of fused-ring (bicyclic) bond motifs is 1. The van der Waals surface area contributed by atoms with Crippen LogP contribution in [0.15, 0.2) is 4.79 Å². The average Bonchev–Trinajstić information content (AvgIpc) is 2.44. The molecule has 1 amide bonds. The zero-order chi connectivity index (χ0) is 11.0. The van der Waals surface area contributed by atoms with Crippen LogP contribution in [-0.4, -0.2) is 31.1 Å².